The SMILES string of the molecule is CCC1CS(=O)CC(c2cc(C)ccc2OC)N1. The molecule has 0 bridgehead atoms. The molecular formula is C14H21NO2S. The highest BCUT2D eigenvalue weighted by Crippen LogP contribution is 2.29. The zero-order chi connectivity index (χ0) is 13.1. The summed E-state index contributed by atoms with van der Waals surface area (Å²) in [5.41, 5.74) is 2.33. The van der Waals surface area contributed by atoms with Crippen LogP contribution in [-0.4, -0.2) is 28.9 Å². The Labute approximate surface area is 111 Å². The molecule has 0 radical (unpaired) electrons. The Kier molecular flexibility index (Phi) is 4.40. The predicted molar refractivity (Wildman–Crippen MR) is 75.6 cm³/mol. The smallest absolute Gasteiger partial charge is 0.123 e. The standard InChI is InChI=1S/C14H21NO2S/c1-4-11-8-18(16)9-13(15-11)12-7-10(2)5-6-14(12)17-3/h5-7,11,13,15H,4,8-9H2,1-3H3. The fourth-order valence-corrected chi connectivity index (χ4v) is 3.96. The summed E-state index contributed by atoms with van der Waals surface area (Å²) in [6, 6.07) is 6.64. The number of hydrogen-bond donors (Lipinski definition) is 1. The summed E-state index contributed by atoms with van der Waals surface area (Å²) < 4.78 is 17.3. The Hall–Kier alpha value is -0.870. The molecule has 100 valence electrons. The summed E-state index contributed by atoms with van der Waals surface area (Å²) in [6.07, 6.45) is 1.01. The third kappa shape index (κ3) is 2.93. The van der Waals surface area contributed by atoms with Crippen molar-refractivity contribution >= 4 is 10.8 Å². The minimum Gasteiger partial charge on any atom is -0.496 e. The molecule has 18 heavy (non-hydrogen) atoms. The minimum absolute atomic E-state index is 0.138. The molecule has 1 aromatic carbocycles. The van der Waals surface area contributed by atoms with Crippen LogP contribution in [-0.2, 0) is 10.8 Å². The first-order valence-corrected chi connectivity index (χ1v) is 7.88. The lowest BCUT2D eigenvalue weighted by Crippen LogP contribution is -2.44. The summed E-state index contributed by atoms with van der Waals surface area (Å²) >= 11 is 0. The van der Waals surface area contributed by atoms with Crippen LogP contribution in [0.3, 0.4) is 0 Å². The normalized spacial score (nSPS) is 28.1. The second-order valence-electron chi connectivity index (χ2n) is 4.84. The van der Waals surface area contributed by atoms with Gasteiger partial charge in [0.1, 0.15) is 5.75 Å². The summed E-state index contributed by atoms with van der Waals surface area (Å²) in [5, 5.41) is 3.58. The molecule has 1 aliphatic rings. The number of benzene rings is 1. The average molecular weight is 267 g/mol. The van der Waals surface area contributed by atoms with Crippen molar-refractivity contribution < 1.29 is 8.95 Å². The lowest BCUT2D eigenvalue weighted by molar-refractivity contribution is 0.392. The maximum absolute atomic E-state index is 11.9. The predicted octanol–water partition coefficient (Wildman–Crippen LogP) is 2.18. The van der Waals surface area contributed by atoms with E-state index in [2.05, 4.69) is 25.2 Å². The van der Waals surface area contributed by atoms with Crippen molar-refractivity contribution in [1.82, 2.24) is 5.32 Å². The molecule has 2 rings (SSSR count). The number of hydrogen-bond acceptors (Lipinski definition) is 3. The highest BCUT2D eigenvalue weighted by molar-refractivity contribution is 7.85. The second kappa shape index (κ2) is 5.85. The minimum atomic E-state index is -0.736. The first kappa shape index (κ1) is 13.6. The molecule has 1 heterocycles. The van der Waals surface area contributed by atoms with Gasteiger partial charge in [0.15, 0.2) is 0 Å². The molecule has 1 fully saturated rings. The fraction of sp³-hybridized carbons (Fsp3) is 0.571. The summed E-state index contributed by atoms with van der Waals surface area (Å²) in [6.45, 7) is 4.20. The fourth-order valence-electron chi connectivity index (χ4n) is 2.40. The van der Waals surface area contributed by atoms with Crippen molar-refractivity contribution in [3.05, 3.63) is 29.3 Å². The van der Waals surface area contributed by atoms with Gasteiger partial charge in [-0.2, -0.15) is 0 Å². The first-order chi connectivity index (χ1) is 8.63. The van der Waals surface area contributed by atoms with E-state index in [1.165, 1.54) is 5.56 Å². The molecular weight excluding hydrogens is 246 g/mol. The molecule has 4 heteroatoms. The van der Waals surface area contributed by atoms with Gasteiger partial charge in [-0.05, 0) is 19.4 Å². The Morgan fingerprint density at radius 2 is 2.22 bits per heavy atom. The molecule has 0 aliphatic carbocycles. The van der Waals surface area contributed by atoms with E-state index >= 15 is 0 Å². The van der Waals surface area contributed by atoms with Crippen LogP contribution >= 0.6 is 0 Å². The van der Waals surface area contributed by atoms with E-state index in [9.17, 15) is 4.21 Å². The zero-order valence-electron chi connectivity index (χ0n) is 11.2. The highest BCUT2D eigenvalue weighted by Gasteiger charge is 2.27. The summed E-state index contributed by atoms with van der Waals surface area (Å²) in [7, 11) is 0.950. The Balaban J connectivity index is 2.29. The Morgan fingerprint density at radius 1 is 1.44 bits per heavy atom. The third-order valence-electron chi connectivity index (χ3n) is 3.43. The Bertz CT molecular complexity index is 447. The molecule has 1 aliphatic heterocycles. The van der Waals surface area contributed by atoms with Crippen molar-refractivity contribution in [3.63, 3.8) is 0 Å². The van der Waals surface area contributed by atoms with E-state index < -0.39 is 10.8 Å². The van der Waals surface area contributed by atoms with Crippen molar-refractivity contribution in [1.29, 1.82) is 0 Å². The first-order valence-electron chi connectivity index (χ1n) is 6.39. The molecule has 1 aromatic rings. The molecule has 1 N–H and O–H groups in total. The van der Waals surface area contributed by atoms with Crippen molar-refractivity contribution in [2.75, 3.05) is 18.6 Å². The van der Waals surface area contributed by atoms with E-state index in [1.807, 2.05) is 12.1 Å². The van der Waals surface area contributed by atoms with E-state index in [0.717, 1.165) is 23.5 Å². The summed E-state index contributed by atoms with van der Waals surface area (Å²) in [4.78, 5) is 0. The third-order valence-corrected chi connectivity index (χ3v) is 4.91. The maximum atomic E-state index is 11.9. The molecule has 3 unspecified atom stereocenters. The molecule has 3 atom stereocenters. The van der Waals surface area contributed by atoms with Crippen LogP contribution in [0.1, 0.15) is 30.5 Å². The van der Waals surface area contributed by atoms with Gasteiger partial charge in [-0.25, -0.2) is 0 Å². The van der Waals surface area contributed by atoms with Crippen molar-refractivity contribution in [2.45, 2.75) is 32.4 Å². The quantitative estimate of drug-likeness (QED) is 0.912. The average Bonchev–Trinajstić information content (AvgIpc) is 2.38. The lowest BCUT2D eigenvalue weighted by Gasteiger charge is -2.31. The molecule has 0 saturated carbocycles. The van der Waals surface area contributed by atoms with Gasteiger partial charge in [0.05, 0.1) is 7.11 Å². The molecule has 0 amide bonds. The van der Waals surface area contributed by atoms with Crippen LogP contribution in [0.25, 0.3) is 0 Å². The molecule has 0 aromatic heterocycles. The number of rotatable bonds is 3. The van der Waals surface area contributed by atoms with E-state index in [-0.39, 0.29) is 6.04 Å². The van der Waals surface area contributed by atoms with E-state index in [0.29, 0.717) is 11.8 Å². The maximum Gasteiger partial charge on any atom is 0.123 e. The number of nitrogens with one attached hydrogen (secondary N) is 1. The topological polar surface area (TPSA) is 38.3 Å². The lowest BCUT2D eigenvalue weighted by atomic mass is 10.0. The van der Waals surface area contributed by atoms with Crippen LogP contribution in [0.2, 0.25) is 0 Å². The second-order valence-corrected chi connectivity index (χ2v) is 6.39. The number of ether oxygens (including phenoxy) is 1. The van der Waals surface area contributed by atoms with Gasteiger partial charge in [-0.1, -0.05) is 24.6 Å². The van der Waals surface area contributed by atoms with Crippen molar-refractivity contribution in [3.8, 4) is 5.75 Å². The van der Waals surface area contributed by atoms with Gasteiger partial charge in [0.25, 0.3) is 0 Å². The molecule has 1 saturated heterocycles. The van der Waals surface area contributed by atoms with Gasteiger partial charge in [0, 0.05) is 40.0 Å². The van der Waals surface area contributed by atoms with Crippen LogP contribution in [0.5, 0.6) is 5.75 Å². The van der Waals surface area contributed by atoms with Gasteiger partial charge >= 0.3 is 0 Å². The van der Waals surface area contributed by atoms with Crippen LogP contribution in [0.4, 0.5) is 0 Å². The van der Waals surface area contributed by atoms with Crippen LogP contribution in [0.15, 0.2) is 18.2 Å². The summed E-state index contributed by atoms with van der Waals surface area (Å²) in [5.74, 6) is 2.32. The van der Waals surface area contributed by atoms with E-state index in [1.54, 1.807) is 7.11 Å². The largest absolute Gasteiger partial charge is 0.496 e. The number of aryl methyl sites for hydroxylation is 1. The molecule has 3 nitrogen and oxygen atoms in total. The Morgan fingerprint density at radius 3 is 2.89 bits per heavy atom. The zero-order valence-corrected chi connectivity index (χ0v) is 12.0. The van der Waals surface area contributed by atoms with Gasteiger partial charge in [-0.15, -0.1) is 0 Å². The monoisotopic (exact) mass is 267 g/mol. The van der Waals surface area contributed by atoms with Crippen LogP contribution in [0, 0.1) is 6.92 Å². The van der Waals surface area contributed by atoms with Gasteiger partial charge in [-0.3, -0.25) is 4.21 Å². The van der Waals surface area contributed by atoms with Crippen molar-refractivity contribution in [2.24, 2.45) is 0 Å². The van der Waals surface area contributed by atoms with E-state index in [4.69, 9.17) is 4.74 Å². The van der Waals surface area contributed by atoms with Gasteiger partial charge in [0.2, 0.25) is 0 Å². The molecule has 0 spiro atoms. The van der Waals surface area contributed by atoms with Gasteiger partial charge < -0.3 is 10.1 Å². The van der Waals surface area contributed by atoms with Crippen LogP contribution < -0.4 is 10.1 Å². The highest BCUT2D eigenvalue weighted by atomic mass is 32.2. The number of methoxy groups -OCH3 is 1.